The minimum Gasteiger partial charge on any atom is -0.482 e. The third-order valence-electron chi connectivity index (χ3n) is 4.43. The van der Waals surface area contributed by atoms with Gasteiger partial charge in [-0.2, -0.15) is 5.10 Å². The Bertz CT molecular complexity index is 970. The summed E-state index contributed by atoms with van der Waals surface area (Å²) in [7, 11) is 0. The van der Waals surface area contributed by atoms with Gasteiger partial charge in [-0.25, -0.2) is 9.67 Å². The van der Waals surface area contributed by atoms with E-state index in [1.807, 2.05) is 36.4 Å². The lowest BCUT2D eigenvalue weighted by Crippen LogP contribution is -2.45. The first-order chi connectivity index (χ1) is 13.7. The number of hydrogen-bond acceptors (Lipinski definition) is 5. The molecule has 28 heavy (non-hydrogen) atoms. The van der Waals surface area contributed by atoms with Gasteiger partial charge in [-0.1, -0.05) is 36.4 Å². The van der Waals surface area contributed by atoms with Crippen LogP contribution < -0.4 is 15.0 Å². The number of hydrogen-bond donors (Lipinski definition) is 1. The van der Waals surface area contributed by atoms with Crippen LogP contribution in [-0.4, -0.2) is 39.7 Å². The van der Waals surface area contributed by atoms with Crippen LogP contribution in [-0.2, 0) is 22.7 Å². The van der Waals surface area contributed by atoms with Crippen LogP contribution in [0.4, 0.5) is 5.69 Å². The van der Waals surface area contributed by atoms with Crippen molar-refractivity contribution in [2.75, 3.05) is 18.1 Å². The second-order valence-corrected chi connectivity index (χ2v) is 6.42. The van der Waals surface area contributed by atoms with Crippen molar-refractivity contribution in [3.63, 3.8) is 0 Å². The largest absolute Gasteiger partial charge is 0.482 e. The normalized spacial score (nSPS) is 13.0. The predicted octanol–water partition coefficient (Wildman–Crippen LogP) is 1.37. The van der Waals surface area contributed by atoms with Gasteiger partial charge in [0.25, 0.3) is 5.91 Å². The van der Waals surface area contributed by atoms with Gasteiger partial charge in [-0.05, 0) is 23.3 Å². The second-order valence-electron chi connectivity index (χ2n) is 6.42. The molecule has 0 fully saturated rings. The van der Waals surface area contributed by atoms with Gasteiger partial charge in [0.05, 0.1) is 12.2 Å². The van der Waals surface area contributed by atoms with E-state index in [9.17, 15) is 9.59 Å². The Kier molecular flexibility index (Phi) is 5.01. The zero-order chi connectivity index (χ0) is 19.3. The number of para-hydroxylation sites is 2. The fraction of sp³-hybridized carbons (Fsp3) is 0.200. The van der Waals surface area contributed by atoms with Crippen LogP contribution in [0, 0.1) is 0 Å². The third kappa shape index (κ3) is 4.01. The Balaban J connectivity index is 1.33. The number of nitrogens with zero attached hydrogens (tertiary/aromatic N) is 4. The van der Waals surface area contributed by atoms with Crippen molar-refractivity contribution in [1.82, 2.24) is 20.1 Å². The van der Waals surface area contributed by atoms with E-state index in [0.717, 1.165) is 11.1 Å². The Labute approximate surface area is 161 Å². The van der Waals surface area contributed by atoms with E-state index in [2.05, 4.69) is 15.4 Å². The molecule has 1 N–H and O–H groups in total. The number of carbonyl (C=O) groups is 2. The van der Waals surface area contributed by atoms with Crippen molar-refractivity contribution >= 4 is 17.5 Å². The van der Waals surface area contributed by atoms with Crippen molar-refractivity contribution in [2.24, 2.45) is 0 Å². The van der Waals surface area contributed by atoms with E-state index >= 15 is 0 Å². The first-order valence-corrected chi connectivity index (χ1v) is 8.88. The van der Waals surface area contributed by atoms with Gasteiger partial charge in [0.2, 0.25) is 5.91 Å². The zero-order valence-electron chi connectivity index (χ0n) is 15.1. The molecule has 1 aromatic heterocycles. The lowest BCUT2D eigenvalue weighted by Gasteiger charge is -2.28. The van der Waals surface area contributed by atoms with Crippen LogP contribution in [0.5, 0.6) is 5.75 Å². The van der Waals surface area contributed by atoms with Crippen LogP contribution >= 0.6 is 0 Å². The first kappa shape index (κ1) is 17.7. The van der Waals surface area contributed by atoms with E-state index in [-0.39, 0.29) is 25.0 Å². The third-order valence-corrected chi connectivity index (χ3v) is 4.43. The number of rotatable bonds is 6. The molecule has 0 aliphatic carbocycles. The van der Waals surface area contributed by atoms with Gasteiger partial charge in [-0.3, -0.25) is 14.5 Å². The van der Waals surface area contributed by atoms with Crippen LogP contribution in [0.1, 0.15) is 11.1 Å². The summed E-state index contributed by atoms with van der Waals surface area (Å²) in [5.74, 6) is 0.154. The second kappa shape index (κ2) is 7.91. The van der Waals surface area contributed by atoms with Gasteiger partial charge >= 0.3 is 0 Å². The average molecular weight is 377 g/mol. The fourth-order valence-electron chi connectivity index (χ4n) is 2.99. The van der Waals surface area contributed by atoms with Crippen molar-refractivity contribution in [3.8, 4) is 5.75 Å². The predicted molar refractivity (Wildman–Crippen MR) is 102 cm³/mol. The number of nitrogens with one attached hydrogen (secondary N) is 1. The summed E-state index contributed by atoms with van der Waals surface area (Å²) in [6.45, 7) is 0.939. The first-order valence-electron chi connectivity index (χ1n) is 8.88. The van der Waals surface area contributed by atoms with Crippen LogP contribution in [0.25, 0.3) is 0 Å². The van der Waals surface area contributed by atoms with Gasteiger partial charge in [0, 0.05) is 6.54 Å². The maximum atomic E-state index is 12.4. The highest BCUT2D eigenvalue weighted by atomic mass is 16.5. The topological polar surface area (TPSA) is 89.4 Å². The van der Waals surface area contributed by atoms with Crippen LogP contribution in [0.3, 0.4) is 0 Å². The zero-order valence-corrected chi connectivity index (χ0v) is 15.1. The number of amides is 2. The van der Waals surface area contributed by atoms with Gasteiger partial charge in [0.1, 0.15) is 24.9 Å². The fourth-order valence-corrected chi connectivity index (χ4v) is 2.99. The summed E-state index contributed by atoms with van der Waals surface area (Å²) in [6, 6.07) is 15.1. The van der Waals surface area contributed by atoms with Crippen molar-refractivity contribution in [1.29, 1.82) is 0 Å². The van der Waals surface area contributed by atoms with Gasteiger partial charge in [0.15, 0.2) is 6.61 Å². The summed E-state index contributed by atoms with van der Waals surface area (Å²) >= 11 is 0. The lowest BCUT2D eigenvalue weighted by atomic mass is 10.1. The van der Waals surface area contributed by atoms with E-state index < -0.39 is 0 Å². The quantitative estimate of drug-likeness (QED) is 0.701. The van der Waals surface area contributed by atoms with Crippen LogP contribution in [0.15, 0.2) is 61.2 Å². The maximum Gasteiger partial charge on any atom is 0.265 e. The van der Waals surface area contributed by atoms with Crippen molar-refractivity contribution in [3.05, 3.63) is 72.3 Å². The van der Waals surface area contributed by atoms with E-state index in [1.54, 1.807) is 23.1 Å². The molecule has 142 valence electrons. The van der Waals surface area contributed by atoms with Crippen molar-refractivity contribution in [2.45, 2.75) is 13.1 Å². The highest BCUT2D eigenvalue weighted by Crippen LogP contribution is 2.31. The maximum absolute atomic E-state index is 12.4. The van der Waals surface area contributed by atoms with Gasteiger partial charge < -0.3 is 10.1 Å². The smallest absolute Gasteiger partial charge is 0.265 e. The number of anilines is 1. The summed E-state index contributed by atoms with van der Waals surface area (Å²) in [5, 5.41) is 6.94. The molecule has 0 saturated carbocycles. The van der Waals surface area contributed by atoms with E-state index in [4.69, 9.17) is 4.74 Å². The number of carbonyl (C=O) groups excluding carboxylic acids is 2. The average Bonchev–Trinajstić information content (AvgIpc) is 3.23. The Morgan fingerprint density at radius 2 is 1.89 bits per heavy atom. The molecule has 2 aromatic carbocycles. The number of ether oxygens (including phenoxy) is 1. The minimum absolute atomic E-state index is 0.0381. The molecule has 1 aliphatic rings. The molecular weight excluding hydrogens is 358 g/mol. The van der Waals surface area contributed by atoms with Crippen molar-refractivity contribution < 1.29 is 14.3 Å². The SMILES string of the molecule is O=C(CN1C(=O)COc2ccccc21)NCc1ccc(Cn2cncn2)cc1. The number of aromatic nitrogens is 3. The summed E-state index contributed by atoms with van der Waals surface area (Å²) in [4.78, 5) is 29.9. The molecule has 4 rings (SSSR count). The number of fused-ring (bicyclic) bond motifs is 1. The van der Waals surface area contributed by atoms with E-state index in [1.165, 1.54) is 11.2 Å². The summed E-state index contributed by atoms with van der Waals surface area (Å²) in [5.41, 5.74) is 2.69. The molecule has 8 nitrogen and oxygen atoms in total. The monoisotopic (exact) mass is 377 g/mol. The highest BCUT2D eigenvalue weighted by Gasteiger charge is 2.26. The Morgan fingerprint density at radius 1 is 1.11 bits per heavy atom. The molecule has 0 radical (unpaired) electrons. The molecule has 2 amide bonds. The lowest BCUT2D eigenvalue weighted by molar-refractivity contribution is -0.125. The highest BCUT2D eigenvalue weighted by molar-refractivity contribution is 6.02. The summed E-state index contributed by atoms with van der Waals surface area (Å²) in [6.07, 6.45) is 3.17. The minimum atomic E-state index is -0.230. The number of benzene rings is 2. The van der Waals surface area contributed by atoms with Gasteiger partial charge in [-0.15, -0.1) is 0 Å². The molecule has 0 saturated heterocycles. The Morgan fingerprint density at radius 3 is 2.68 bits per heavy atom. The van der Waals surface area contributed by atoms with E-state index in [0.29, 0.717) is 24.5 Å². The molecule has 8 heteroatoms. The molecule has 0 spiro atoms. The molecular formula is C20H19N5O3. The summed E-state index contributed by atoms with van der Waals surface area (Å²) < 4.78 is 7.14. The molecule has 3 aromatic rings. The Hall–Kier alpha value is -3.68. The standard InChI is InChI=1S/C20H19N5O3/c26-19(11-25-17-3-1-2-4-18(17)28-12-20(25)27)22-9-15-5-7-16(8-6-15)10-24-14-21-13-23-24/h1-8,13-14H,9-12H2,(H,22,26). The molecule has 0 unspecified atom stereocenters. The molecule has 2 heterocycles. The molecule has 1 aliphatic heterocycles. The van der Waals surface area contributed by atoms with Crippen LogP contribution in [0.2, 0.25) is 0 Å². The molecule has 0 atom stereocenters. The molecule has 0 bridgehead atoms.